The lowest BCUT2D eigenvalue weighted by atomic mass is 9.93. The summed E-state index contributed by atoms with van der Waals surface area (Å²) in [7, 11) is 0. The number of fused-ring (bicyclic) bond motifs is 1. The molecule has 0 aromatic heterocycles. The lowest BCUT2D eigenvalue weighted by Crippen LogP contribution is -2.60. The highest BCUT2D eigenvalue weighted by molar-refractivity contribution is 7.98. The van der Waals surface area contributed by atoms with Gasteiger partial charge < -0.3 is 15.4 Å². The number of rotatable bonds is 8. The molecule has 34 heavy (non-hydrogen) atoms. The Morgan fingerprint density at radius 3 is 2.50 bits per heavy atom. The number of amides is 2. The first-order chi connectivity index (χ1) is 16.4. The van der Waals surface area contributed by atoms with Gasteiger partial charge in [0.15, 0.2) is 5.78 Å². The number of benzene rings is 3. The highest BCUT2D eigenvalue weighted by atomic mass is 32.2. The zero-order chi connectivity index (χ0) is 24.1. The van der Waals surface area contributed by atoms with Gasteiger partial charge in [-0.05, 0) is 36.2 Å². The minimum Gasteiger partial charge on any atom is -0.368 e. The molecule has 7 heteroatoms. The fraction of sp³-hybridized carbons (Fsp3) is 0.296. The standard InChI is InChI=1S/C27H28N2O4S/c1-18-27(2,24(30)15-33-18)29-26(32)23(17-34-16-19-9-4-3-5-10-19)28-25(31)22-14-8-12-20-11-6-7-13-21(20)22/h3-14,18,23H,15-17H2,1-2H3,(H,28,31)(H,29,32)/t18-,23?,27-/m1/s1. The van der Waals surface area contributed by atoms with Gasteiger partial charge in [-0.1, -0.05) is 66.7 Å². The highest BCUT2D eigenvalue weighted by Crippen LogP contribution is 2.23. The van der Waals surface area contributed by atoms with Crippen LogP contribution in [0, 0.1) is 0 Å². The van der Waals surface area contributed by atoms with Crippen LogP contribution in [0.3, 0.4) is 0 Å². The van der Waals surface area contributed by atoms with Crippen molar-refractivity contribution in [3.8, 4) is 0 Å². The van der Waals surface area contributed by atoms with Gasteiger partial charge in [-0.15, -0.1) is 0 Å². The Bertz CT molecular complexity index is 1190. The number of ether oxygens (including phenoxy) is 1. The van der Waals surface area contributed by atoms with Crippen molar-refractivity contribution in [1.82, 2.24) is 10.6 Å². The van der Waals surface area contributed by atoms with Crippen LogP contribution >= 0.6 is 11.8 Å². The molecule has 176 valence electrons. The van der Waals surface area contributed by atoms with E-state index in [1.807, 2.05) is 66.7 Å². The molecule has 0 radical (unpaired) electrons. The molecule has 0 saturated carbocycles. The molecule has 1 heterocycles. The second-order valence-electron chi connectivity index (χ2n) is 8.62. The predicted octanol–water partition coefficient (Wildman–Crippen LogP) is 3.73. The third-order valence-corrected chi connectivity index (χ3v) is 7.40. The van der Waals surface area contributed by atoms with Gasteiger partial charge in [0.25, 0.3) is 5.91 Å². The molecule has 2 N–H and O–H groups in total. The van der Waals surface area contributed by atoms with Crippen molar-refractivity contribution < 1.29 is 19.1 Å². The van der Waals surface area contributed by atoms with E-state index in [-0.39, 0.29) is 18.3 Å². The van der Waals surface area contributed by atoms with Gasteiger partial charge in [0.05, 0.1) is 6.10 Å². The average molecular weight is 477 g/mol. The van der Waals surface area contributed by atoms with Gasteiger partial charge in [0.1, 0.15) is 18.2 Å². The van der Waals surface area contributed by atoms with Crippen LogP contribution in [0.25, 0.3) is 10.8 Å². The van der Waals surface area contributed by atoms with Crippen molar-refractivity contribution in [2.45, 2.75) is 37.3 Å². The van der Waals surface area contributed by atoms with E-state index in [0.29, 0.717) is 17.1 Å². The highest BCUT2D eigenvalue weighted by Gasteiger charge is 2.47. The van der Waals surface area contributed by atoms with E-state index in [1.165, 1.54) is 0 Å². The summed E-state index contributed by atoms with van der Waals surface area (Å²) in [6.45, 7) is 3.40. The molecule has 3 atom stereocenters. The monoisotopic (exact) mass is 476 g/mol. The van der Waals surface area contributed by atoms with Crippen molar-refractivity contribution in [2.24, 2.45) is 0 Å². The topological polar surface area (TPSA) is 84.5 Å². The van der Waals surface area contributed by atoms with Gasteiger partial charge in [-0.2, -0.15) is 11.8 Å². The summed E-state index contributed by atoms with van der Waals surface area (Å²) in [5, 5.41) is 7.53. The molecule has 3 aromatic rings. The number of carbonyl (C=O) groups is 3. The maximum absolute atomic E-state index is 13.3. The molecule has 2 amide bonds. The summed E-state index contributed by atoms with van der Waals surface area (Å²) in [6, 6.07) is 22.3. The Kier molecular flexibility index (Phi) is 7.34. The number of hydrogen-bond donors (Lipinski definition) is 2. The minimum absolute atomic E-state index is 0.0340. The zero-order valence-electron chi connectivity index (χ0n) is 19.2. The molecular weight excluding hydrogens is 448 g/mol. The molecule has 0 aliphatic carbocycles. The summed E-state index contributed by atoms with van der Waals surface area (Å²) >= 11 is 1.55. The Labute approximate surface area is 203 Å². The van der Waals surface area contributed by atoms with Crippen molar-refractivity contribution >= 4 is 40.1 Å². The SMILES string of the molecule is C[C@H]1OCC(=O)[C@]1(C)NC(=O)C(CSCc1ccccc1)NC(=O)c1cccc2ccccc12. The van der Waals surface area contributed by atoms with Crippen molar-refractivity contribution in [1.29, 1.82) is 0 Å². The van der Waals surface area contributed by atoms with Gasteiger partial charge in [-0.25, -0.2) is 0 Å². The second-order valence-corrected chi connectivity index (χ2v) is 9.65. The lowest BCUT2D eigenvalue weighted by molar-refractivity contribution is -0.130. The van der Waals surface area contributed by atoms with Gasteiger partial charge in [-0.3, -0.25) is 14.4 Å². The molecule has 1 aliphatic rings. The predicted molar refractivity (Wildman–Crippen MR) is 135 cm³/mol. The molecule has 4 rings (SSSR count). The second kappa shape index (κ2) is 10.4. The zero-order valence-corrected chi connectivity index (χ0v) is 20.1. The number of carbonyl (C=O) groups excluding carboxylic acids is 3. The number of nitrogens with one attached hydrogen (secondary N) is 2. The smallest absolute Gasteiger partial charge is 0.252 e. The van der Waals surface area contributed by atoms with E-state index in [1.54, 1.807) is 31.7 Å². The van der Waals surface area contributed by atoms with E-state index in [9.17, 15) is 14.4 Å². The van der Waals surface area contributed by atoms with E-state index in [2.05, 4.69) is 10.6 Å². The van der Waals surface area contributed by atoms with Crippen molar-refractivity contribution in [2.75, 3.05) is 12.4 Å². The largest absolute Gasteiger partial charge is 0.368 e. The number of thioether (sulfide) groups is 1. The summed E-state index contributed by atoms with van der Waals surface area (Å²) in [4.78, 5) is 39.0. The molecule has 3 aromatic carbocycles. The van der Waals surface area contributed by atoms with Crippen LogP contribution in [0.5, 0.6) is 0 Å². The van der Waals surface area contributed by atoms with E-state index in [0.717, 1.165) is 16.3 Å². The van der Waals surface area contributed by atoms with Gasteiger partial charge in [0.2, 0.25) is 5.91 Å². The van der Waals surface area contributed by atoms with Crippen LogP contribution < -0.4 is 10.6 Å². The molecule has 6 nitrogen and oxygen atoms in total. The summed E-state index contributed by atoms with van der Waals surface area (Å²) in [5.74, 6) is 0.150. The Morgan fingerprint density at radius 1 is 1.06 bits per heavy atom. The average Bonchev–Trinajstić information content (AvgIpc) is 3.10. The van der Waals surface area contributed by atoms with Crippen LogP contribution in [0.1, 0.15) is 29.8 Å². The Morgan fingerprint density at radius 2 is 1.76 bits per heavy atom. The fourth-order valence-corrected chi connectivity index (χ4v) is 4.99. The van der Waals surface area contributed by atoms with Crippen LogP contribution in [0.2, 0.25) is 0 Å². The lowest BCUT2D eigenvalue weighted by Gasteiger charge is -2.29. The summed E-state index contributed by atoms with van der Waals surface area (Å²) < 4.78 is 5.44. The van der Waals surface area contributed by atoms with Gasteiger partial charge in [0, 0.05) is 17.1 Å². The molecule has 1 unspecified atom stereocenters. The third-order valence-electron chi connectivity index (χ3n) is 6.29. The molecule has 0 bridgehead atoms. The third kappa shape index (κ3) is 5.16. The minimum atomic E-state index is -1.12. The van der Waals surface area contributed by atoms with E-state index in [4.69, 9.17) is 4.74 Å². The van der Waals surface area contributed by atoms with Crippen LogP contribution in [0.15, 0.2) is 72.8 Å². The summed E-state index contributed by atoms with van der Waals surface area (Å²) in [5.41, 5.74) is 0.514. The van der Waals surface area contributed by atoms with Crippen LogP contribution in [-0.4, -0.2) is 47.6 Å². The summed E-state index contributed by atoms with van der Waals surface area (Å²) in [6.07, 6.45) is -0.449. The van der Waals surface area contributed by atoms with Crippen LogP contribution in [0.4, 0.5) is 0 Å². The quantitative estimate of drug-likeness (QED) is 0.518. The van der Waals surface area contributed by atoms with Crippen LogP contribution in [-0.2, 0) is 20.1 Å². The molecule has 1 saturated heterocycles. The van der Waals surface area contributed by atoms with E-state index >= 15 is 0 Å². The normalized spacial score (nSPS) is 20.8. The molecule has 1 fully saturated rings. The first-order valence-electron chi connectivity index (χ1n) is 11.3. The molecule has 0 spiro atoms. The fourth-order valence-electron chi connectivity index (χ4n) is 3.97. The molecular formula is C27H28N2O4S. The maximum Gasteiger partial charge on any atom is 0.252 e. The number of hydrogen-bond acceptors (Lipinski definition) is 5. The van der Waals surface area contributed by atoms with Crippen molar-refractivity contribution in [3.05, 3.63) is 83.9 Å². The Balaban J connectivity index is 1.53. The number of ketones is 1. The maximum atomic E-state index is 13.3. The van der Waals surface area contributed by atoms with E-state index < -0.39 is 23.6 Å². The first-order valence-corrected chi connectivity index (χ1v) is 12.4. The first kappa shape index (κ1) is 24.0. The van der Waals surface area contributed by atoms with Gasteiger partial charge >= 0.3 is 0 Å². The molecule has 1 aliphatic heterocycles. The van der Waals surface area contributed by atoms with Crippen molar-refractivity contribution in [3.63, 3.8) is 0 Å². The number of Topliss-reactive ketones (excluding diaryl/α,β-unsaturated/α-hetero) is 1. The Hall–Kier alpha value is -3.16.